The zero-order valence-electron chi connectivity index (χ0n) is 14.2. The smallest absolute Gasteiger partial charge is 0.123 e. The predicted octanol–water partition coefficient (Wildman–Crippen LogP) is 3.78. The fraction of sp³-hybridized carbons (Fsp3) is 0.211. The lowest BCUT2D eigenvalue weighted by molar-refractivity contribution is 0.394. The Morgan fingerprint density at radius 3 is 1.88 bits per heavy atom. The molecule has 0 aliphatic carbocycles. The molecule has 0 atom stereocenters. The Morgan fingerprint density at radius 2 is 1.33 bits per heavy atom. The lowest BCUT2D eigenvalue weighted by Crippen LogP contribution is -1.93. The van der Waals surface area contributed by atoms with E-state index in [1.807, 2.05) is 54.1 Å². The van der Waals surface area contributed by atoms with E-state index in [0.717, 1.165) is 39.8 Å². The number of hydrogen-bond donors (Lipinski definition) is 0. The first-order valence-electron chi connectivity index (χ1n) is 7.55. The Bertz CT molecular complexity index is 816. The van der Waals surface area contributed by atoms with Crippen LogP contribution in [-0.2, 0) is 7.05 Å². The third-order valence-electron chi connectivity index (χ3n) is 3.93. The minimum Gasteiger partial charge on any atom is -0.497 e. The molecule has 3 aromatic rings. The monoisotopic (exact) mass is 324 g/mol. The number of methoxy groups -OCH3 is 3. The van der Waals surface area contributed by atoms with Gasteiger partial charge in [0.25, 0.3) is 0 Å². The number of nitrogens with zero attached hydrogens (tertiary/aromatic N) is 2. The van der Waals surface area contributed by atoms with Crippen LogP contribution in [0.15, 0.2) is 48.8 Å². The first-order valence-corrected chi connectivity index (χ1v) is 7.55. The van der Waals surface area contributed by atoms with Crippen molar-refractivity contribution in [3.8, 4) is 39.8 Å². The molecule has 0 spiro atoms. The summed E-state index contributed by atoms with van der Waals surface area (Å²) >= 11 is 0. The lowest BCUT2D eigenvalue weighted by atomic mass is 10.0. The van der Waals surface area contributed by atoms with E-state index in [4.69, 9.17) is 14.2 Å². The van der Waals surface area contributed by atoms with Crippen LogP contribution in [0.25, 0.3) is 22.5 Å². The van der Waals surface area contributed by atoms with Crippen LogP contribution in [0.2, 0.25) is 0 Å². The van der Waals surface area contributed by atoms with Crippen molar-refractivity contribution >= 4 is 0 Å². The molecule has 24 heavy (non-hydrogen) atoms. The van der Waals surface area contributed by atoms with E-state index in [9.17, 15) is 0 Å². The van der Waals surface area contributed by atoms with Gasteiger partial charge in [0, 0.05) is 24.2 Å². The van der Waals surface area contributed by atoms with Crippen molar-refractivity contribution in [2.75, 3.05) is 21.3 Å². The van der Waals surface area contributed by atoms with E-state index < -0.39 is 0 Å². The quantitative estimate of drug-likeness (QED) is 0.716. The SMILES string of the molecule is COc1ccc(-c2c(-c3cc(OC)cc(OC)c3)ncn2C)cc1. The fourth-order valence-electron chi connectivity index (χ4n) is 2.67. The summed E-state index contributed by atoms with van der Waals surface area (Å²) < 4.78 is 18.0. The van der Waals surface area contributed by atoms with Crippen molar-refractivity contribution in [2.45, 2.75) is 0 Å². The van der Waals surface area contributed by atoms with Gasteiger partial charge >= 0.3 is 0 Å². The molecular formula is C19H20N2O3. The summed E-state index contributed by atoms with van der Waals surface area (Å²) in [6.07, 6.45) is 1.81. The molecule has 0 bridgehead atoms. The van der Waals surface area contributed by atoms with Gasteiger partial charge in [0.05, 0.1) is 39.0 Å². The van der Waals surface area contributed by atoms with Gasteiger partial charge < -0.3 is 18.8 Å². The van der Waals surface area contributed by atoms with Crippen LogP contribution in [0.5, 0.6) is 17.2 Å². The second-order valence-electron chi connectivity index (χ2n) is 5.38. The second kappa shape index (κ2) is 6.66. The minimum absolute atomic E-state index is 0.732. The highest BCUT2D eigenvalue weighted by Gasteiger charge is 2.15. The highest BCUT2D eigenvalue weighted by atomic mass is 16.5. The molecule has 2 aromatic carbocycles. The summed E-state index contributed by atoms with van der Waals surface area (Å²) in [6, 6.07) is 13.7. The third kappa shape index (κ3) is 2.93. The standard InChI is InChI=1S/C19H20N2O3/c1-21-12-20-18(14-9-16(23-3)11-17(10-14)24-4)19(21)13-5-7-15(22-2)8-6-13/h5-12H,1-4H3. The van der Waals surface area contributed by atoms with Crippen LogP contribution < -0.4 is 14.2 Å². The second-order valence-corrected chi connectivity index (χ2v) is 5.38. The molecule has 0 fully saturated rings. The van der Waals surface area contributed by atoms with Crippen LogP contribution in [0.1, 0.15) is 0 Å². The molecule has 124 valence electrons. The molecule has 0 saturated heterocycles. The van der Waals surface area contributed by atoms with E-state index >= 15 is 0 Å². The summed E-state index contributed by atoms with van der Waals surface area (Å²) in [5.74, 6) is 2.29. The first-order chi connectivity index (χ1) is 11.7. The average Bonchev–Trinajstić information content (AvgIpc) is 3.02. The van der Waals surface area contributed by atoms with Crippen LogP contribution in [0.4, 0.5) is 0 Å². The van der Waals surface area contributed by atoms with Crippen LogP contribution in [0, 0.1) is 0 Å². The minimum atomic E-state index is 0.732. The van der Waals surface area contributed by atoms with Gasteiger partial charge in [0.2, 0.25) is 0 Å². The van der Waals surface area contributed by atoms with E-state index in [2.05, 4.69) is 4.98 Å². The van der Waals surface area contributed by atoms with Gasteiger partial charge in [-0.15, -0.1) is 0 Å². The number of imidazole rings is 1. The van der Waals surface area contributed by atoms with Crippen LogP contribution in [0.3, 0.4) is 0 Å². The molecule has 1 aromatic heterocycles. The lowest BCUT2D eigenvalue weighted by Gasteiger charge is -2.10. The maximum absolute atomic E-state index is 5.37. The number of rotatable bonds is 5. The highest BCUT2D eigenvalue weighted by molar-refractivity contribution is 5.80. The van der Waals surface area contributed by atoms with Gasteiger partial charge in [0.15, 0.2) is 0 Å². The largest absolute Gasteiger partial charge is 0.497 e. The predicted molar refractivity (Wildman–Crippen MR) is 93.7 cm³/mol. The number of aryl methyl sites for hydroxylation is 1. The molecule has 5 nitrogen and oxygen atoms in total. The third-order valence-corrected chi connectivity index (χ3v) is 3.93. The number of benzene rings is 2. The summed E-state index contributed by atoms with van der Waals surface area (Å²) in [4.78, 5) is 4.58. The molecule has 0 N–H and O–H groups in total. The number of aromatic nitrogens is 2. The van der Waals surface area contributed by atoms with Crippen LogP contribution in [-0.4, -0.2) is 30.9 Å². The van der Waals surface area contributed by atoms with E-state index in [1.165, 1.54) is 0 Å². The van der Waals surface area contributed by atoms with Crippen molar-refractivity contribution in [3.05, 3.63) is 48.8 Å². The van der Waals surface area contributed by atoms with Gasteiger partial charge in [-0.25, -0.2) is 4.98 Å². The molecule has 0 aliphatic heterocycles. The van der Waals surface area contributed by atoms with Crippen molar-refractivity contribution < 1.29 is 14.2 Å². The maximum atomic E-state index is 5.37. The van der Waals surface area contributed by atoms with Gasteiger partial charge in [0.1, 0.15) is 17.2 Å². The zero-order valence-corrected chi connectivity index (χ0v) is 14.2. The first kappa shape index (κ1) is 15.9. The molecule has 0 aliphatic rings. The molecule has 0 saturated carbocycles. The number of hydrogen-bond acceptors (Lipinski definition) is 4. The summed E-state index contributed by atoms with van der Waals surface area (Å²) in [5, 5.41) is 0. The van der Waals surface area contributed by atoms with Crippen molar-refractivity contribution in [2.24, 2.45) is 7.05 Å². The zero-order chi connectivity index (χ0) is 17.1. The molecule has 1 heterocycles. The Morgan fingerprint density at radius 1 is 0.750 bits per heavy atom. The molecule has 0 amide bonds. The average molecular weight is 324 g/mol. The van der Waals surface area contributed by atoms with Crippen molar-refractivity contribution in [3.63, 3.8) is 0 Å². The molecule has 0 unspecified atom stereocenters. The normalized spacial score (nSPS) is 10.5. The van der Waals surface area contributed by atoms with Crippen molar-refractivity contribution in [1.29, 1.82) is 0 Å². The highest BCUT2D eigenvalue weighted by Crippen LogP contribution is 2.35. The Kier molecular flexibility index (Phi) is 4.42. The Hall–Kier alpha value is -2.95. The summed E-state index contributed by atoms with van der Waals surface area (Å²) in [5.41, 5.74) is 3.90. The van der Waals surface area contributed by atoms with Gasteiger partial charge in [-0.05, 0) is 36.4 Å². The van der Waals surface area contributed by atoms with Gasteiger partial charge in [-0.3, -0.25) is 0 Å². The fourth-order valence-corrected chi connectivity index (χ4v) is 2.67. The Balaban J connectivity index is 2.13. The topological polar surface area (TPSA) is 45.5 Å². The maximum Gasteiger partial charge on any atom is 0.123 e. The number of ether oxygens (including phenoxy) is 3. The van der Waals surface area contributed by atoms with Gasteiger partial charge in [-0.1, -0.05) is 0 Å². The molecular weight excluding hydrogens is 304 g/mol. The summed E-state index contributed by atoms with van der Waals surface area (Å²) in [7, 11) is 6.92. The van der Waals surface area contributed by atoms with Gasteiger partial charge in [-0.2, -0.15) is 0 Å². The Labute approximate surface area is 141 Å². The summed E-state index contributed by atoms with van der Waals surface area (Å²) in [6.45, 7) is 0. The molecule has 0 radical (unpaired) electrons. The van der Waals surface area contributed by atoms with Crippen LogP contribution >= 0.6 is 0 Å². The van der Waals surface area contributed by atoms with E-state index in [1.54, 1.807) is 27.7 Å². The van der Waals surface area contributed by atoms with E-state index in [-0.39, 0.29) is 0 Å². The molecule has 3 rings (SSSR count). The molecule has 5 heteroatoms. The van der Waals surface area contributed by atoms with E-state index in [0.29, 0.717) is 0 Å². The van der Waals surface area contributed by atoms with Crippen molar-refractivity contribution in [1.82, 2.24) is 9.55 Å².